The molecule has 0 unspecified atom stereocenters. The first-order valence-electron chi connectivity index (χ1n) is 6.21. The Balaban J connectivity index is 2.45. The predicted molar refractivity (Wildman–Crippen MR) is 70.8 cm³/mol. The van der Waals surface area contributed by atoms with Gasteiger partial charge in [0.1, 0.15) is 11.7 Å². The molecule has 92 valence electrons. The van der Waals surface area contributed by atoms with Gasteiger partial charge in [0, 0.05) is 19.3 Å². The molecule has 0 aliphatic heterocycles. The number of rotatable bonds is 4. The molecule has 17 heavy (non-hydrogen) atoms. The van der Waals surface area contributed by atoms with Gasteiger partial charge in [-0.25, -0.2) is 4.98 Å². The van der Waals surface area contributed by atoms with E-state index in [1.54, 1.807) is 0 Å². The second-order valence-corrected chi connectivity index (χ2v) is 4.65. The van der Waals surface area contributed by atoms with E-state index in [0.717, 1.165) is 37.2 Å². The van der Waals surface area contributed by atoms with Gasteiger partial charge in [-0.15, -0.1) is 0 Å². The van der Waals surface area contributed by atoms with Crippen LogP contribution >= 0.6 is 0 Å². The van der Waals surface area contributed by atoms with Gasteiger partial charge in [0.05, 0.1) is 5.56 Å². The van der Waals surface area contributed by atoms with Crippen LogP contribution in [-0.4, -0.2) is 24.4 Å². The first-order chi connectivity index (χ1) is 8.13. The Morgan fingerprint density at radius 3 is 2.94 bits per heavy atom. The van der Waals surface area contributed by atoms with Gasteiger partial charge in [-0.1, -0.05) is 6.92 Å². The van der Waals surface area contributed by atoms with E-state index in [0.29, 0.717) is 0 Å². The number of nitrogens with two attached hydrogens (primary N) is 1. The molecule has 0 saturated carbocycles. The summed E-state index contributed by atoms with van der Waals surface area (Å²) in [6.07, 6.45) is 4.36. The number of hydrogen-bond donors (Lipinski definition) is 2. The van der Waals surface area contributed by atoms with Crippen molar-refractivity contribution in [1.29, 1.82) is 5.41 Å². The summed E-state index contributed by atoms with van der Waals surface area (Å²) in [5.74, 6) is 0.977. The minimum absolute atomic E-state index is 0.116. The average molecular weight is 232 g/mol. The summed E-state index contributed by atoms with van der Waals surface area (Å²) >= 11 is 0. The van der Waals surface area contributed by atoms with Crippen LogP contribution in [0.1, 0.15) is 36.6 Å². The highest BCUT2D eigenvalue weighted by Crippen LogP contribution is 2.26. The number of aryl methyl sites for hydroxylation is 2. The first kappa shape index (κ1) is 11.9. The number of fused-ring (bicyclic) bond motifs is 1. The molecule has 1 aromatic rings. The van der Waals surface area contributed by atoms with Gasteiger partial charge in [-0.05, 0) is 37.3 Å². The lowest BCUT2D eigenvalue weighted by atomic mass is 10.1. The quantitative estimate of drug-likeness (QED) is 0.613. The van der Waals surface area contributed by atoms with Gasteiger partial charge in [-0.2, -0.15) is 0 Å². The van der Waals surface area contributed by atoms with Crippen LogP contribution in [0.5, 0.6) is 0 Å². The molecule has 0 aromatic carbocycles. The molecule has 1 aliphatic rings. The molecule has 0 fully saturated rings. The maximum atomic E-state index is 7.68. The lowest BCUT2D eigenvalue weighted by molar-refractivity contribution is 0.829. The molecule has 2 rings (SSSR count). The highest BCUT2D eigenvalue weighted by atomic mass is 15.2. The van der Waals surface area contributed by atoms with E-state index in [4.69, 9.17) is 16.1 Å². The number of anilines is 1. The summed E-state index contributed by atoms with van der Waals surface area (Å²) in [4.78, 5) is 6.79. The van der Waals surface area contributed by atoms with Crippen LogP contribution in [0.15, 0.2) is 6.07 Å². The zero-order chi connectivity index (χ0) is 12.4. The molecule has 0 amide bonds. The molecular formula is C13H20N4. The smallest absolute Gasteiger partial charge is 0.139 e. The number of nitrogens with zero attached hydrogens (tertiary/aromatic N) is 2. The van der Waals surface area contributed by atoms with Gasteiger partial charge >= 0.3 is 0 Å². The Kier molecular flexibility index (Phi) is 3.31. The van der Waals surface area contributed by atoms with Crippen LogP contribution in [0.4, 0.5) is 5.82 Å². The average Bonchev–Trinajstić information content (AvgIpc) is 2.74. The van der Waals surface area contributed by atoms with Gasteiger partial charge in [0.2, 0.25) is 0 Å². The van der Waals surface area contributed by atoms with Crippen molar-refractivity contribution in [2.75, 3.05) is 18.5 Å². The minimum Gasteiger partial charge on any atom is -0.384 e. The molecular weight excluding hydrogens is 212 g/mol. The number of nitrogen functional groups attached to an aromatic ring is 1. The van der Waals surface area contributed by atoms with Crippen LogP contribution in [0.2, 0.25) is 0 Å². The molecule has 0 saturated heterocycles. The second kappa shape index (κ2) is 4.73. The van der Waals surface area contributed by atoms with E-state index in [2.05, 4.69) is 17.9 Å². The maximum absolute atomic E-state index is 7.68. The molecule has 0 radical (unpaired) electrons. The van der Waals surface area contributed by atoms with Gasteiger partial charge in [0.15, 0.2) is 0 Å². The molecule has 0 bridgehead atoms. The lowest BCUT2D eigenvalue weighted by Gasteiger charge is -2.21. The van der Waals surface area contributed by atoms with Crippen molar-refractivity contribution in [3.63, 3.8) is 0 Å². The van der Waals surface area contributed by atoms with Crippen molar-refractivity contribution in [2.24, 2.45) is 5.73 Å². The zero-order valence-electron chi connectivity index (χ0n) is 10.6. The van der Waals surface area contributed by atoms with Crippen molar-refractivity contribution in [3.05, 3.63) is 22.9 Å². The van der Waals surface area contributed by atoms with Gasteiger partial charge in [0.25, 0.3) is 0 Å². The Morgan fingerprint density at radius 2 is 2.29 bits per heavy atom. The van der Waals surface area contributed by atoms with Crippen molar-refractivity contribution in [3.8, 4) is 0 Å². The van der Waals surface area contributed by atoms with Crippen molar-refractivity contribution in [1.82, 2.24) is 4.98 Å². The van der Waals surface area contributed by atoms with Crippen LogP contribution in [0.3, 0.4) is 0 Å². The van der Waals surface area contributed by atoms with E-state index in [1.807, 2.05) is 7.05 Å². The van der Waals surface area contributed by atoms with Crippen molar-refractivity contribution >= 4 is 11.7 Å². The molecule has 1 aliphatic carbocycles. The fraction of sp³-hybridized carbons (Fsp3) is 0.538. The molecule has 4 heteroatoms. The van der Waals surface area contributed by atoms with E-state index in [9.17, 15) is 0 Å². The Hall–Kier alpha value is -1.58. The molecule has 4 nitrogen and oxygen atoms in total. The fourth-order valence-electron chi connectivity index (χ4n) is 2.39. The highest BCUT2D eigenvalue weighted by molar-refractivity contribution is 5.99. The molecule has 0 spiro atoms. The third-order valence-corrected chi connectivity index (χ3v) is 3.24. The lowest BCUT2D eigenvalue weighted by Crippen LogP contribution is -2.25. The number of nitrogens with one attached hydrogen (secondary N) is 1. The summed E-state index contributed by atoms with van der Waals surface area (Å²) in [6, 6.07) is 2.05. The standard InChI is InChI=1S/C13H20N4/c1-3-7-17(2)13-10(12(14)15)8-9-5-4-6-11(9)16-13/h8H,3-7H2,1-2H3,(H3,14,15). The van der Waals surface area contributed by atoms with Crippen molar-refractivity contribution in [2.45, 2.75) is 32.6 Å². The molecule has 1 heterocycles. The summed E-state index contributed by atoms with van der Waals surface area (Å²) < 4.78 is 0. The first-order valence-corrected chi connectivity index (χ1v) is 6.21. The Bertz CT molecular complexity index is 439. The van der Waals surface area contributed by atoms with E-state index in [-0.39, 0.29) is 5.84 Å². The van der Waals surface area contributed by atoms with Crippen LogP contribution in [0.25, 0.3) is 0 Å². The second-order valence-electron chi connectivity index (χ2n) is 4.65. The third kappa shape index (κ3) is 2.25. The van der Waals surface area contributed by atoms with E-state index >= 15 is 0 Å². The normalized spacial score (nSPS) is 13.5. The van der Waals surface area contributed by atoms with Crippen LogP contribution in [0, 0.1) is 5.41 Å². The molecule has 3 N–H and O–H groups in total. The topological polar surface area (TPSA) is 66.0 Å². The van der Waals surface area contributed by atoms with Crippen LogP contribution in [-0.2, 0) is 12.8 Å². The fourth-order valence-corrected chi connectivity index (χ4v) is 2.39. The number of aromatic nitrogens is 1. The molecule has 1 aromatic heterocycles. The van der Waals surface area contributed by atoms with Crippen LogP contribution < -0.4 is 10.6 Å². The van der Waals surface area contributed by atoms with Crippen molar-refractivity contribution < 1.29 is 0 Å². The SMILES string of the molecule is CCCN(C)c1nc2c(cc1C(=N)N)CCC2. The number of amidine groups is 1. The maximum Gasteiger partial charge on any atom is 0.139 e. The molecule has 0 atom stereocenters. The number of hydrogen-bond acceptors (Lipinski definition) is 3. The highest BCUT2D eigenvalue weighted by Gasteiger charge is 2.19. The Morgan fingerprint density at radius 1 is 1.53 bits per heavy atom. The van der Waals surface area contributed by atoms with E-state index < -0.39 is 0 Å². The third-order valence-electron chi connectivity index (χ3n) is 3.24. The summed E-state index contributed by atoms with van der Waals surface area (Å²) in [5, 5.41) is 7.68. The Labute approximate surface area is 102 Å². The predicted octanol–water partition coefficient (Wildman–Crippen LogP) is 1.70. The summed E-state index contributed by atoms with van der Waals surface area (Å²) in [7, 11) is 2.01. The zero-order valence-corrected chi connectivity index (χ0v) is 10.6. The van der Waals surface area contributed by atoms with Gasteiger partial charge < -0.3 is 10.6 Å². The van der Waals surface area contributed by atoms with E-state index in [1.165, 1.54) is 17.7 Å². The summed E-state index contributed by atoms with van der Waals surface area (Å²) in [6.45, 7) is 3.07. The van der Waals surface area contributed by atoms with Gasteiger partial charge in [-0.3, -0.25) is 5.41 Å². The number of pyridine rings is 1. The largest absolute Gasteiger partial charge is 0.384 e. The summed E-state index contributed by atoms with van der Waals surface area (Å²) in [5.41, 5.74) is 8.89. The monoisotopic (exact) mass is 232 g/mol. The minimum atomic E-state index is 0.116.